The monoisotopic (exact) mass is 457 g/mol. The predicted molar refractivity (Wildman–Crippen MR) is 122 cm³/mol. The molecule has 0 saturated carbocycles. The molecule has 3 amide bonds. The van der Waals surface area contributed by atoms with E-state index < -0.39 is 29.5 Å². The molecule has 1 aromatic rings. The molecule has 3 heterocycles. The summed E-state index contributed by atoms with van der Waals surface area (Å²) in [5.74, 6) is -2.09. The Labute approximate surface area is 195 Å². The zero-order chi connectivity index (χ0) is 23.6. The van der Waals surface area contributed by atoms with Crippen molar-refractivity contribution in [2.24, 2.45) is 11.8 Å². The van der Waals surface area contributed by atoms with Crippen LogP contribution in [0.25, 0.3) is 0 Å². The lowest BCUT2D eigenvalue weighted by atomic mass is 9.70. The number of likely N-dealkylation sites (tertiary alicyclic amines) is 1. The Morgan fingerprint density at radius 1 is 1.24 bits per heavy atom. The van der Waals surface area contributed by atoms with Crippen LogP contribution in [0.15, 0.2) is 30.3 Å². The first-order chi connectivity index (χ1) is 16.0. The van der Waals surface area contributed by atoms with Gasteiger partial charge in [-0.05, 0) is 31.2 Å². The molecule has 8 heteroatoms. The first-order valence-corrected chi connectivity index (χ1v) is 12.1. The molecular weight excluding hydrogens is 422 g/mol. The molecule has 6 atom stereocenters. The number of hydrogen-bond acceptors (Lipinski definition) is 5. The minimum absolute atomic E-state index is 0.229. The summed E-state index contributed by atoms with van der Waals surface area (Å²) in [6.07, 6.45) is 4.14. The van der Waals surface area contributed by atoms with Crippen LogP contribution in [0.2, 0.25) is 0 Å². The molecule has 3 saturated heterocycles. The number of aliphatic hydroxyl groups is 1. The highest BCUT2D eigenvalue weighted by atomic mass is 16.5. The van der Waals surface area contributed by atoms with Gasteiger partial charge in [-0.2, -0.15) is 0 Å². The molecular formula is C25H35N3O5. The Hall–Kier alpha value is -2.45. The maximum absolute atomic E-state index is 13.9. The summed E-state index contributed by atoms with van der Waals surface area (Å²) < 4.78 is 6.36. The van der Waals surface area contributed by atoms with Crippen LogP contribution in [0, 0.1) is 11.8 Å². The van der Waals surface area contributed by atoms with Crippen molar-refractivity contribution in [3.8, 4) is 0 Å². The van der Waals surface area contributed by atoms with Crippen LogP contribution in [0.3, 0.4) is 0 Å². The molecule has 0 radical (unpaired) electrons. The molecule has 1 aromatic carbocycles. The molecule has 0 aliphatic carbocycles. The van der Waals surface area contributed by atoms with Crippen LogP contribution in [-0.2, 0) is 25.5 Å². The summed E-state index contributed by atoms with van der Waals surface area (Å²) >= 11 is 0. The quantitative estimate of drug-likeness (QED) is 0.455. The highest BCUT2D eigenvalue weighted by Gasteiger charge is 2.74. The van der Waals surface area contributed by atoms with Crippen LogP contribution in [0.1, 0.15) is 44.6 Å². The fourth-order valence-corrected chi connectivity index (χ4v) is 6.07. The molecule has 3 fully saturated rings. The largest absolute Gasteiger partial charge is 0.394 e. The van der Waals surface area contributed by atoms with E-state index in [-0.39, 0.29) is 30.4 Å². The lowest BCUT2D eigenvalue weighted by molar-refractivity contribution is -0.145. The lowest BCUT2D eigenvalue weighted by Crippen LogP contribution is -2.58. The van der Waals surface area contributed by atoms with Crippen molar-refractivity contribution in [3.05, 3.63) is 35.9 Å². The van der Waals surface area contributed by atoms with Crippen molar-refractivity contribution >= 4 is 17.7 Å². The summed E-state index contributed by atoms with van der Waals surface area (Å²) in [6.45, 7) is 2.34. The van der Waals surface area contributed by atoms with E-state index in [4.69, 9.17) is 4.74 Å². The second-order valence-corrected chi connectivity index (χ2v) is 9.44. The molecule has 3 aliphatic heterocycles. The third kappa shape index (κ3) is 4.04. The number of carbonyl (C=O) groups excluding carboxylic acids is 3. The molecule has 0 aromatic heterocycles. The van der Waals surface area contributed by atoms with E-state index in [1.165, 1.54) is 4.90 Å². The van der Waals surface area contributed by atoms with Crippen molar-refractivity contribution in [1.29, 1.82) is 0 Å². The lowest BCUT2D eigenvalue weighted by Gasteiger charge is -2.36. The first kappa shape index (κ1) is 23.7. The summed E-state index contributed by atoms with van der Waals surface area (Å²) in [6, 6.07) is 8.17. The van der Waals surface area contributed by atoms with E-state index in [1.54, 1.807) is 7.05 Å². The smallest absolute Gasteiger partial charge is 0.245 e. The van der Waals surface area contributed by atoms with Crippen LogP contribution < -0.4 is 10.6 Å². The first-order valence-electron chi connectivity index (χ1n) is 12.1. The van der Waals surface area contributed by atoms with Crippen molar-refractivity contribution in [1.82, 2.24) is 15.5 Å². The van der Waals surface area contributed by atoms with Crippen LogP contribution in [0.5, 0.6) is 0 Å². The molecule has 4 rings (SSSR count). The number of rotatable bonds is 10. The van der Waals surface area contributed by atoms with E-state index in [2.05, 4.69) is 17.6 Å². The number of hydrogen-bond donors (Lipinski definition) is 3. The standard InChI is InChI=1S/C25H35N3O5/c1-3-4-8-13-27-23(31)21-25-12-11-18(33-25)19(22(30)26-2)20(25)24(32)28(21)17(15-29)14-16-9-6-5-7-10-16/h5-7,9-10,17-21,29H,3-4,8,11-15H2,1-2H3,(H,26,30)(H,27,31)/t17-,18+,19-,20+,21?,25?/m1/s1. The highest BCUT2D eigenvalue weighted by molar-refractivity contribution is 5.99. The Balaban J connectivity index is 1.68. The number of benzene rings is 1. The number of nitrogens with zero attached hydrogens (tertiary/aromatic N) is 1. The van der Waals surface area contributed by atoms with Crippen molar-refractivity contribution in [2.45, 2.75) is 69.2 Å². The van der Waals surface area contributed by atoms with Gasteiger partial charge in [-0.1, -0.05) is 50.1 Å². The molecule has 3 aliphatic rings. The van der Waals surface area contributed by atoms with Crippen molar-refractivity contribution < 1.29 is 24.2 Å². The predicted octanol–water partition coefficient (Wildman–Crippen LogP) is 1.02. The summed E-state index contributed by atoms with van der Waals surface area (Å²) in [4.78, 5) is 41.7. The number of unbranched alkanes of at least 4 members (excludes halogenated alkanes) is 2. The number of aliphatic hydroxyl groups excluding tert-OH is 1. The molecule has 180 valence electrons. The maximum atomic E-state index is 13.9. The zero-order valence-corrected chi connectivity index (χ0v) is 19.5. The van der Waals surface area contributed by atoms with Crippen LogP contribution in [-0.4, -0.2) is 71.7 Å². The molecule has 33 heavy (non-hydrogen) atoms. The number of amides is 3. The molecule has 1 spiro atoms. The van der Waals surface area contributed by atoms with Gasteiger partial charge in [0.05, 0.1) is 30.6 Å². The second-order valence-electron chi connectivity index (χ2n) is 9.44. The van der Waals surface area contributed by atoms with Gasteiger partial charge in [0.2, 0.25) is 17.7 Å². The van der Waals surface area contributed by atoms with E-state index in [0.29, 0.717) is 25.8 Å². The number of nitrogens with one attached hydrogen (secondary N) is 2. The fourth-order valence-electron chi connectivity index (χ4n) is 6.07. The van der Waals surface area contributed by atoms with Gasteiger partial charge in [0.15, 0.2) is 0 Å². The van der Waals surface area contributed by atoms with Crippen LogP contribution in [0.4, 0.5) is 0 Å². The Bertz CT molecular complexity index is 878. The van der Waals surface area contributed by atoms with E-state index in [9.17, 15) is 19.5 Å². The average Bonchev–Trinajstić information content (AvgIpc) is 3.48. The van der Waals surface area contributed by atoms with Gasteiger partial charge in [-0.15, -0.1) is 0 Å². The summed E-state index contributed by atoms with van der Waals surface area (Å²) in [5.41, 5.74) is -0.0631. The Morgan fingerprint density at radius 2 is 2.00 bits per heavy atom. The van der Waals surface area contributed by atoms with Crippen LogP contribution >= 0.6 is 0 Å². The molecule has 3 N–H and O–H groups in total. The second kappa shape index (κ2) is 9.81. The molecule has 2 bridgehead atoms. The normalized spacial score (nSPS) is 30.9. The van der Waals surface area contributed by atoms with E-state index in [0.717, 1.165) is 24.8 Å². The van der Waals surface area contributed by atoms with Crippen molar-refractivity contribution in [3.63, 3.8) is 0 Å². The van der Waals surface area contributed by atoms with Gasteiger partial charge in [0, 0.05) is 13.6 Å². The van der Waals surface area contributed by atoms with Gasteiger partial charge in [0.1, 0.15) is 11.6 Å². The summed E-state index contributed by atoms with van der Waals surface area (Å²) in [7, 11) is 1.56. The molecule has 8 nitrogen and oxygen atoms in total. The van der Waals surface area contributed by atoms with Crippen molar-refractivity contribution in [2.75, 3.05) is 20.2 Å². The minimum Gasteiger partial charge on any atom is -0.394 e. The van der Waals surface area contributed by atoms with Gasteiger partial charge in [-0.25, -0.2) is 0 Å². The topological polar surface area (TPSA) is 108 Å². The SMILES string of the molecule is CCCCCNC(=O)C1N([C@@H](CO)Cc2ccccc2)C(=O)[C@@H]2[C@H](C(=O)NC)[C@@H]3CCC12O3. The Morgan fingerprint density at radius 3 is 2.67 bits per heavy atom. The van der Waals surface area contributed by atoms with Gasteiger partial charge in [0.25, 0.3) is 0 Å². The number of fused-ring (bicyclic) bond motifs is 1. The third-order valence-corrected chi connectivity index (χ3v) is 7.53. The number of carbonyl (C=O) groups is 3. The third-order valence-electron chi connectivity index (χ3n) is 7.53. The van der Waals surface area contributed by atoms with Gasteiger partial charge >= 0.3 is 0 Å². The average molecular weight is 458 g/mol. The van der Waals surface area contributed by atoms with Gasteiger partial charge < -0.3 is 25.4 Å². The number of ether oxygens (including phenoxy) is 1. The fraction of sp³-hybridized carbons (Fsp3) is 0.640. The summed E-state index contributed by atoms with van der Waals surface area (Å²) in [5, 5.41) is 16.0. The minimum atomic E-state index is -1.03. The highest BCUT2D eigenvalue weighted by Crippen LogP contribution is 2.58. The Kier molecular flexibility index (Phi) is 7.05. The zero-order valence-electron chi connectivity index (χ0n) is 19.5. The van der Waals surface area contributed by atoms with E-state index in [1.807, 2.05) is 30.3 Å². The van der Waals surface area contributed by atoms with Gasteiger partial charge in [-0.3, -0.25) is 14.4 Å². The molecule has 2 unspecified atom stereocenters. The van der Waals surface area contributed by atoms with E-state index >= 15 is 0 Å². The maximum Gasteiger partial charge on any atom is 0.245 e.